The van der Waals surface area contributed by atoms with E-state index in [0.717, 1.165) is 17.9 Å². The fourth-order valence-corrected chi connectivity index (χ4v) is 1.86. The molecule has 0 heterocycles. The molecule has 2 N–H and O–H groups in total. The van der Waals surface area contributed by atoms with E-state index in [1.165, 1.54) is 10.5 Å². The van der Waals surface area contributed by atoms with E-state index in [1.807, 2.05) is 6.07 Å². The summed E-state index contributed by atoms with van der Waals surface area (Å²) in [5, 5.41) is 0. The van der Waals surface area contributed by atoms with Crippen molar-refractivity contribution in [3.63, 3.8) is 0 Å². The summed E-state index contributed by atoms with van der Waals surface area (Å²) in [4.78, 5) is 1.22. The maximum Gasteiger partial charge on any atom is 0.0452 e. The first kappa shape index (κ1) is 9.46. The van der Waals surface area contributed by atoms with Crippen LogP contribution in [0.3, 0.4) is 0 Å². The van der Waals surface area contributed by atoms with Gasteiger partial charge >= 0.3 is 0 Å². The molecule has 0 radical (unpaired) electrons. The minimum absolute atomic E-state index is 0.902. The molecule has 0 aliphatic rings. The lowest BCUT2D eigenvalue weighted by atomic mass is 10.1. The minimum Gasteiger partial charge on any atom is -0.398 e. The number of aryl methyl sites for hydroxylation is 1. The topological polar surface area (TPSA) is 26.0 Å². The van der Waals surface area contributed by atoms with Gasteiger partial charge in [-0.3, -0.25) is 0 Å². The number of nitrogens with two attached hydrogens (primary N) is 1. The fraction of sp³-hybridized carbons (Fsp3) is 0.400. The lowest BCUT2D eigenvalue weighted by molar-refractivity contribution is 1.12. The molecule has 1 rings (SSSR count). The first-order valence-electron chi connectivity index (χ1n) is 4.29. The predicted molar refractivity (Wildman–Crippen MR) is 56.6 cm³/mol. The Morgan fingerprint density at radius 1 is 1.33 bits per heavy atom. The van der Waals surface area contributed by atoms with E-state index in [0.29, 0.717) is 0 Å². The zero-order valence-corrected chi connectivity index (χ0v) is 8.45. The van der Waals surface area contributed by atoms with Crippen LogP contribution in [-0.2, 0) is 6.42 Å². The smallest absolute Gasteiger partial charge is 0.0452 e. The maximum absolute atomic E-state index is 5.81. The lowest BCUT2D eigenvalue weighted by Gasteiger charge is -2.05. The Hall–Kier alpha value is -0.630. The van der Waals surface area contributed by atoms with Crippen molar-refractivity contribution in [1.82, 2.24) is 0 Å². The molecule has 0 aliphatic heterocycles. The van der Waals surface area contributed by atoms with Gasteiger partial charge in [0.25, 0.3) is 0 Å². The van der Waals surface area contributed by atoms with Gasteiger partial charge in [0.15, 0.2) is 0 Å². The number of hydrogen-bond donors (Lipinski definition) is 1. The van der Waals surface area contributed by atoms with Crippen LogP contribution in [0.4, 0.5) is 5.69 Å². The number of rotatable bonds is 3. The molecule has 2 heteroatoms. The molecule has 1 aromatic carbocycles. The van der Waals surface area contributed by atoms with Gasteiger partial charge in [-0.05, 0) is 29.9 Å². The first-order chi connectivity index (χ1) is 5.77. The molecule has 0 saturated heterocycles. The Morgan fingerprint density at radius 2 is 2.08 bits per heavy atom. The second-order valence-corrected chi connectivity index (χ2v) is 3.96. The molecular formula is C10H15NS. The summed E-state index contributed by atoms with van der Waals surface area (Å²) in [5.41, 5.74) is 8.07. The number of hydrogen-bond acceptors (Lipinski definition) is 2. The highest BCUT2D eigenvalue weighted by Gasteiger charge is 1.98. The molecule has 66 valence electrons. The maximum atomic E-state index is 5.81. The first-order valence-corrected chi connectivity index (χ1v) is 5.27. The number of benzene rings is 1. The molecule has 1 aromatic rings. The molecule has 0 atom stereocenters. The van der Waals surface area contributed by atoms with E-state index >= 15 is 0 Å². The molecule has 0 saturated carbocycles. The Labute approximate surface area is 78.4 Å². The quantitative estimate of drug-likeness (QED) is 0.573. The molecule has 1 nitrogen and oxygen atoms in total. The molecule has 0 bridgehead atoms. The van der Waals surface area contributed by atoms with Crippen LogP contribution in [0.1, 0.15) is 19.4 Å². The van der Waals surface area contributed by atoms with E-state index in [4.69, 9.17) is 5.73 Å². The van der Waals surface area contributed by atoms with Crippen LogP contribution < -0.4 is 5.73 Å². The SMILES string of the molecule is CCSc1cc(CC)ccc1N. The van der Waals surface area contributed by atoms with Crippen LogP contribution in [0, 0.1) is 0 Å². The summed E-state index contributed by atoms with van der Waals surface area (Å²) in [7, 11) is 0. The summed E-state index contributed by atoms with van der Waals surface area (Å²) in [6.07, 6.45) is 1.08. The average molecular weight is 181 g/mol. The van der Waals surface area contributed by atoms with Crippen molar-refractivity contribution < 1.29 is 0 Å². The standard InChI is InChI=1S/C10H15NS/c1-3-8-5-6-9(11)10(7-8)12-4-2/h5-7H,3-4,11H2,1-2H3. The van der Waals surface area contributed by atoms with Gasteiger partial charge in [0.1, 0.15) is 0 Å². The van der Waals surface area contributed by atoms with Gasteiger partial charge in [-0.1, -0.05) is 19.9 Å². The van der Waals surface area contributed by atoms with Crippen molar-refractivity contribution in [1.29, 1.82) is 0 Å². The van der Waals surface area contributed by atoms with Crippen molar-refractivity contribution in [2.45, 2.75) is 25.2 Å². The normalized spacial score (nSPS) is 10.2. The summed E-state index contributed by atoms with van der Waals surface area (Å²) < 4.78 is 0. The largest absolute Gasteiger partial charge is 0.398 e. The Morgan fingerprint density at radius 3 is 2.67 bits per heavy atom. The van der Waals surface area contributed by atoms with Crippen LogP contribution >= 0.6 is 11.8 Å². The predicted octanol–water partition coefficient (Wildman–Crippen LogP) is 2.94. The highest BCUT2D eigenvalue weighted by atomic mass is 32.2. The monoisotopic (exact) mass is 181 g/mol. The van der Waals surface area contributed by atoms with Gasteiger partial charge in [-0.2, -0.15) is 0 Å². The molecule has 12 heavy (non-hydrogen) atoms. The third-order valence-corrected chi connectivity index (χ3v) is 2.74. The molecule has 0 unspecified atom stereocenters. The van der Waals surface area contributed by atoms with E-state index in [2.05, 4.69) is 26.0 Å². The Balaban J connectivity index is 2.91. The highest BCUT2D eigenvalue weighted by Crippen LogP contribution is 2.25. The van der Waals surface area contributed by atoms with Gasteiger partial charge in [0.05, 0.1) is 0 Å². The number of anilines is 1. The molecule has 0 aromatic heterocycles. The van der Waals surface area contributed by atoms with Crippen LogP contribution in [0.2, 0.25) is 0 Å². The van der Waals surface area contributed by atoms with E-state index < -0.39 is 0 Å². The summed E-state index contributed by atoms with van der Waals surface area (Å²) in [6.45, 7) is 4.30. The number of thioether (sulfide) groups is 1. The van der Waals surface area contributed by atoms with Gasteiger partial charge in [-0.15, -0.1) is 11.8 Å². The zero-order chi connectivity index (χ0) is 8.97. The van der Waals surface area contributed by atoms with Gasteiger partial charge in [-0.25, -0.2) is 0 Å². The van der Waals surface area contributed by atoms with Crippen molar-refractivity contribution in [2.75, 3.05) is 11.5 Å². The highest BCUT2D eigenvalue weighted by molar-refractivity contribution is 7.99. The van der Waals surface area contributed by atoms with Gasteiger partial charge < -0.3 is 5.73 Å². The third-order valence-electron chi connectivity index (χ3n) is 1.79. The van der Waals surface area contributed by atoms with E-state index in [9.17, 15) is 0 Å². The second-order valence-electron chi connectivity index (χ2n) is 2.66. The Bertz CT molecular complexity index is 258. The van der Waals surface area contributed by atoms with Crippen LogP contribution in [0.15, 0.2) is 23.1 Å². The van der Waals surface area contributed by atoms with E-state index in [-0.39, 0.29) is 0 Å². The van der Waals surface area contributed by atoms with E-state index in [1.54, 1.807) is 11.8 Å². The average Bonchev–Trinajstić information content (AvgIpc) is 2.09. The second kappa shape index (κ2) is 4.41. The van der Waals surface area contributed by atoms with Crippen LogP contribution in [0.25, 0.3) is 0 Å². The summed E-state index contributed by atoms with van der Waals surface area (Å²) in [6, 6.07) is 6.27. The van der Waals surface area contributed by atoms with Crippen molar-refractivity contribution in [3.8, 4) is 0 Å². The fourth-order valence-electron chi connectivity index (χ4n) is 1.08. The van der Waals surface area contributed by atoms with Crippen molar-refractivity contribution in [3.05, 3.63) is 23.8 Å². The Kier molecular flexibility index (Phi) is 3.48. The molecule has 0 aliphatic carbocycles. The summed E-state index contributed by atoms with van der Waals surface area (Å²) >= 11 is 1.81. The molecule has 0 spiro atoms. The van der Waals surface area contributed by atoms with Crippen LogP contribution in [0.5, 0.6) is 0 Å². The third kappa shape index (κ3) is 2.18. The molecule has 0 amide bonds. The van der Waals surface area contributed by atoms with Crippen molar-refractivity contribution in [2.24, 2.45) is 0 Å². The zero-order valence-electron chi connectivity index (χ0n) is 7.63. The summed E-state index contributed by atoms with van der Waals surface area (Å²) in [5.74, 6) is 1.08. The van der Waals surface area contributed by atoms with Gasteiger partial charge in [0.2, 0.25) is 0 Å². The lowest BCUT2D eigenvalue weighted by Crippen LogP contribution is -1.90. The van der Waals surface area contributed by atoms with Crippen molar-refractivity contribution >= 4 is 17.4 Å². The molecule has 0 fully saturated rings. The number of nitrogen functional groups attached to an aromatic ring is 1. The molecular weight excluding hydrogens is 166 g/mol. The van der Waals surface area contributed by atoms with Crippen LogP contribution in [-0.4, -0.2) is 5.75 Å². The minimum atomic E-state index is 0.902. The van der Waals surface area contributed by atoms with Gasteiger partial charge in [0, 0.05) is 10.6 Å².